The average molecular weight is 193 g/mol. The van der Waals surface area contributed by atoms with Gasteiger partial charge in [-0.05, 0) is 12.1 Å². The zero-order valence-electron chi connectivity index (χ0n) is 5.36. The smallest absolute Gasteiger partial charge is 0.262 e. The van der Waals surface area contributed by atoms with Gasteiger partial charge in [-0.2, -0.15) is 0 Å². The topological polar surface area (TPSA) is 73.1 Å². The molecule has 0 aliphatic rings. The number of hydrogen-bond acceptors (Lipinski definition) is 4. The van der Waals surface area contributed by atoms with Gasteiger partial charge in [-0.15, -0.1) is 0 Å². The van der Waals surface area contributed by atoms with Crippen molar-refractivity contribution in [2.75, 3.05) is 5.73 Å². The van der Waals surface area contributed by atoms with Crippen molar-refractivity contribution >= 4 is 25.6 Å². The fourth-order valence-electron chi connectivity index (χ4n) is 0.536. The van der Waals surface area contributed by atoms with E-state index in [1.807, 2.05) is 0 Å². The molecule has 0 aliphatic heterocycles. The maximum Gasteiger partial charge on any atom is 0.262 e. The molecule has 0 aromatic carbocycles. The van der Waals surface area contributed by atoms with Crippen molar-refractivity contribution < 1.29 is 8.42 Å². The maximum absolute atomic E-state index is 10.6. The van der Waals surface area contributed by atoms with Gasteiger partial charge in [0.05, 0.1) is 0 Å². The molecule has 0 unspecified atom stereocenters. The number of anilines is 1. The fraction of sp³-hybridized carbons (Fsp3) is 0. The van der Waals surface area contributed by atoms with Crippen molar-refractivity contribution in [3.63, 3.8) is 0 Å². The monoisotopic (exact) mass is 192 g/mol. The average Bonchev–Trinajstić information content (AvgIpc) is 1.86. The molecule has 11 heavy (non-hydrogen) atoms. The highest BCUT2D eigenvalue weighted by Crippen LogP contribution is 2.13. The van der Waals surface area contributed by atoms with E-state index in [9.17, 15) is 8.42 Å². The van der Waals surface area contributed by atoms with E-state index in [2.05, 4.69) is 4.98 Å². The fourth-order valence-corrected chi connectivity index (χ4v) is 1.22. The van der Waals surface area contributed by atoms with Crippen LogP contribution in [-0.2, 0) is 9.05 Å². The Morgan fingerprint density at radius 1 is 1.45 bits per heavy atom. The van der Waals surface area contributed by atoms with Crippen LogP contribution < -0.4 is 5.73 Å². The van der Waals surface area contributed by atoms with Crippen LogP contribution in [0.2, 0.25) is 0 Å². The molecule has 0 radical (unpaired) electrons. The molecule has 2 N–H and O–H groups in total. The van der Waals surface area contributed by atoms with Crippen LogP contribution in [0.25, 0.3) is 0 Å². The number of pyridine rings is 1. The van der Waals surface area contributed by atoms with Crippen molar-refractivity contribution in [2.24, 2.45) is 0 Å². The lowest BCUT2D eigenvalue weighted by molar-refractivity contribution is 0.609. The van der Waals surface area contributed by atoms with E-state index in [-0.39, 0.29) is 10.7 Å². The standard InChI is InChI=1S/C5H5ClN2O2S/c6-11(9,10)4-1-2-5(7)8-3-4/h1-3H,(H2,7,8). The minimum atomic E-state index is -3.67. The second-order valence-corrected chi connectivity index (χ2v) is 4.42. The second-order valence-electron chi connectivity index (χ2n) is 1.86. The van der Waals surface area contributed by atoms with E-state index >= 15 is 0 Å². The highest BCUT2D eigenvalue weighted by molar-refractivity contribution is 8.13. The van der Waals surface area contributed by atoms with Crippen LogP contribution in [0.3, 0.4) is 0 Å². The molecule has 1 rings (SSSR count). The first kappa shape index (κ1) is 8.29. The molecule has 4 nitrogen and oxygen atoms in total. The van der Waals surface area contributed by atoms with Gasteiger partial charge in [-0.1, -0.05) is 0 Å². The molecule has 0 amide bonds. The Labute approximate surface area is 68.4 Å². The van der Waals surface area contributed by atoms with Crippen molar-refractivity contribution in [1.82, 2.24) is 4.98 Å². The summed E-state index contributed by atoms with van der Waals surface area (Å²) in [5.74, 6) is 0.258. The molecular weight excluding hydrogens is 188 g/mol. The molecular formula is C5H5ClN2O2S. The van der Waals surface area contributed by atoms with Crippen LogP contribution in [0.5, 0.6) is 0 Å². The highest BCUT2D eigenvalue weighted by Gasteiger charge is 2.08. The maximum atomic E-state index is 10.6. The van der Waals surface area contributed by atoms with E-state index in [0.717, 1.165) is 6.20 Å². The molecule has 0 fully saturated rings. The van der Waals surface area contributed by atoms with Crippen LogP contribution >= 0.6 is 10.7 Å². The molecule has 0 bridgehead atoms. The molecule has 0 saturated carbocycles. The number of nitrogen functional groups attached to an aromatic ring is 1. The van der Waals surface area contributed by atoms with Crippen LogP contribution in [0, 0.1) is 0 Å². The SMILES string of the molecule is Nc1ccc(S(=O)(=O)Cl)cn1. The minimum absolute atomic E-state index is 0.0478. The van der Waals surface area contributed by atoms with Crippen molar-refractivity contribution in [1.29, 1.82) is 0 Å². The summed E-state index contributed by atoms with van der Waals surface area (Å²) in [4.78, 5) is 3.51. The molecule has 1 aromatic rings. The van der Waals surface area contributed by atoms with Crippen LogP contribution in [-0.4, -0.2) is 13.4 Å². The summed E-state index contributed by atoms with van der Waals surface area (Å²) in [5.41, 5.74) is 5.22. The van der Waals surface area contributed by atoms with Crippen LogP contribution in [0.4, 0.5) is 5.82 Å². The van der Waals surface area contributed by atoms with Crippen molar-refractivity contribution in [2.45, 2.75) is 4.90 Å². The Balaban J connectivity index is 3.20. The zero-order valence-corrected chi connectivity index (χ0v) is 6.93. The Morgan fingerprint density at radius 3 is 2.45 bits per heavy atom. The second kappa shape index (κ2) is 2.67. The summed E-state index contributed by atoms with van der Waals surface area (Å²) in [7, 11) is 1.34. The molecule has 1 heterocycles. The van der Waals surface area contributed by atoms with Gasteiger partial charge >= 0.3 is 0 Å². The van der Waals surface area contributed by atoms with E-state index < -0.39 is 9.05 Å². The first-order chi connectivity index (χ1) is 5.00. The summed E-state index contributed by atoms with van der Waals surface area (Å²) in [6.07, 6.45) is 1.11. The van der Waals surface area contributed by atoms with Gasteiger partial charge in [-0.3, -0.25) is 0 Å². The van der Waals surface area contributed by atoms with Gasteiger partial charge < -0.3 is 5.73 Å². The molecule has 0 aliphatic carbocycles. The van der Waals surface area contributed by atoms with E-state index in [1.54, 1.807) is 0 Å². The summed E-state index contributed by atoms with van der Waals surface area (Å²) in [5, 5.41) is 0. The zero-order chi connectivity index (χ0) is 8.48. The van der Waals surface area contributed by atoms with Gasteiger partial charge in [0.2, 0.25) is 0 Å². The molecule has 0 spiro atoms. The predicted molar refractivity (Wildman–Crippen MR) is 41.7 cm³/mol. The highest BCUT2D eigenvalue weighted by atomic mass is 35.7. The lowest BCUT2D eigenvalue weighted by Crippen LogP contribution is -1.94. The van der Waals surface area contributed by atoms with Crippen molar-refractivity contribution in [3.8, 4) is 0 Å². The summed E-state index contributed by atoms with van der Waals surface area (Å²) in [6.45, 7) is 0. The molecule has 1 aromatic heterocycles. The molecule has 6 heteroatoms. The molecule has 0 saturated heterocycles. The predicted octanol–water partition coefficient (Wildman–Crippen LogP) is 0.591. The Morgan fingerprint density at radius 2 is 2.09 bits per heavy atom. The summed E-state index contributed by atoms with van der Waals surface area (Å²) < 4.78 is 21.3. The normalized spacial score (nSPS) is 11.4. The van der Waals surface area contributed by atoms with Crippen LogP contribution in [0.1, 0.15) is 0 Å². The van der Waals surface area contributed by atoms with Gasteiger partial charge in [-0.25, -0.2) is 13.4 Å². The minimum Gasteiger partial charge on any atom is -0.384 e. The molecule has 60 valence electrons. The number of aromatic nitrogens is 1. The quantitative estimate of drug-likeness (QED) is 0.661. The number of nitrogens with zero attached hydrogens (tertiary/aromatic N) is 1. The van der Waals surface area contributed by atoms with E-state index in [4.69, 9.17) is 16.4 Å². The first-order valence-corrected chi connectivity index (χ1v) is 4.97. The van der Waals surface area contributed by atoms with E-state index in [1.165, 1.54) is 12.1 Å². The Kier molecular flexibility index (Phi) is 2.01. The third kappa shape index (κ3) is 2.06. The number of rotatable bonds is 1. The number of halogens is 1. The van der Waals surface area contributed by atoms with Gasteiger partial charge in [0, 0.05) is 16.9 Å². The number of nitrogens with two attached hydrogens (primary N) is 1. The lowest BCUT2D eigenvalue weighted by atomic mass is 10.5. The Bertz CT molecular complexity index is 345. The number of hydrogen-bond donors (Lipinski definition) is 1. The lowest BCUT2D eigenvalue weighted by Gasteiger charge is -1.94. The van der Waals surface area contributed by atoms with Gasteiger partial charge in [0.25, 0.3) is 9.05 Å². The van der Waals surface area contributed by atoms with Crippen LogP contribution in [0.15, 0.2) is 23.2 Å². The van der Waals surface area contributed by atoms with Gasteiger partial charge in [0.1, 0.15) is 10.7 Å². The Hall–Kier alpha value is -0.810. The molecule has 0 atom stereocenters. The van der Waals surface area contributed by atoms with Crippen molar-refractivity contribution in [3.05, 3.63) is 18.3 Å². The third-order valence-corrected chi connectivity index (χ3v) is 2.38. The third-order valence-electron chi connectivity index (χ3n) is 1.04. The summed E-state index contributed by atoms with van der Waals surface area (Å²) in [6, 6.07) is 2.67. The first-order valence-electron chi connectivity index (χ1n) is 2.66. The summed E-state index contributed by atoms with van der Waals surface area (Å²) >= 11 is 0. The van der Waals surface area contributed by atoms with Gasteiger partial charge in [0.15, 0.2) is 0 Å². The largest absolute Gasteiger partial charge is 0.384 e. The van der Waals surface area contributed by atoms with E-state index in [0.29, 0.717) is 0 Å².